The van der Waals surface area contributed by atoms with E-state index in [1.807, 2.05) is 64.7 Å². The summed E-state index contributed by atoms with van der Waals surface area (Å²) in [5.74, 6) is 0.815. The number of carbonyl (C=O) groups is 2. The number of hydrogen-bond donors (Lipinski definition) is 2. The van der Waals surface area contributed by atoms with Gasteiger partial charge in [0.05, 0.1) is 12.1 Å². The molecule has 2 aliphatic rings. The van der Waals surface area contributed by atoms with Crippen LogP contribution in [-0.4, -0.2) is 81.6 Å². The quantitative estimate of drug-likeness (QED) is 0.307. The number of piperazine rings is 1. The van der Waals surface area contributed by atoms with Crippen molar-refractivity contribution < 1.29 is 14.7 Å². The fourth-order valence-corrected chi connectivity index (χ4v) is 6.24. The Hall–Kier alpha value is -4.57. The van der Waals surface area contributed by atoms with Crippen LogP contribution in [0.2, 0.25) is 0 Å². The highest BCUT2D eigenvalue weighted by molar-refractivity contribution is 5.92. The van der Waals surface area contributed by atoms with Gasteiger partial charge in [0.2, 0.25) is 11.9 Å². The lowest BCUT2D eigenvalue weighted by Gasteiger charge is -2.36. The fraction of sp³-hybridized carbons (Fsp3) is 0.364. The topological polar surface area (TPSA) is 115 Å². The highest BCUT2D eigenvalue weighted by atomic mass is 16.4. The average Bonchev–Trinajstić information content (AvgIpc) is 3.02. The van der Waals surface area contributed by atoms with Crippen molar-refractivity contribution in [1.29, 1.82) is 0 Å². The second-order valence-corrected chi connectivity index (χ2v) is 11.4. The number of nitrogens with one attached hydrogen (secondary N) is 1. The first-order valence-corrected chi connectivity index (χ1v) is 15.0. The molecule has 10 nitrogen and oxygen atoms in total. The van der Waals surface area contributed by atoms with E-state index in [-0.39, 0.29) is 24.5 Å². The lowest BCUT2D eigenvalue weighted by atomic mass is 9.89. The van der Waals surface area contributed by atoms with Crippen molar-refractivity contribution in [3.05, 3.63) is 73.1 Å². The smallest absolute Gasteiger partial charge is 0.317 e. The largest absolute Gasteiger partial charge is 0.480 e. The minimum absolute atomic E-state index is 0.0523. The monoisotopic (exact) mass is 579 g/mol. The number of carboxylic acids is 1. The molecule has 10 heteroatoms. The first-order valence-electron chi connectivity index (χ1n) is 15.0. The van der Waals surface area contributed by atoms with Gasteiger partial charge in [0.25, 0.3) is 0 Å². The first kappa shape index (κ1) is 28.5. The Morgan fingerprint density at radius 2 is 1.60 bits per heavy atom. The molecule has 1 saturated heterocycles. The highest BCUT2D eigenvalue weighted by Crippen LogP contribution is 2.31. The molecule has 0 atom stereocenters. The third-order valence-corrected chi connectivity index (χ3v) is 8.51. The zero-order chi connectivity index (χ0) is 29.8. The minimum Gasteiger partial charge on any atom is -0.480 e. The number of rotatable bonds is 8. The van der Waals surface area contributed by atoms with Gasteiger partial charge in [-0.05, 0) is 61.6 Å². The molecule has 2 N–H and O–H groups in total. The van der Waals surface area contributed by atoms with E-state index in [9.17, 15) is 9.59 Å². The van der Waals surface area contributed by atoms with Gasteiger partial charge in [0.1, 0.15) is 5.82 Å². The molecule has 2 aromatic carbocycles. The number of pyridine rings is 1. The summed E-state index contributed by atoms with van der Waals surface area (Å²) in [6.45, 7) is 4.65. The van der Waals surface area contributed by atoms with E-state index in [0.717, 1.165) is 72.3 Å². The molecular weight excluding hydrogens is 542 g/mol. The molecule has 222 valence electrons. The SMILES string of the molecule is CC(=O)N(c1ccc(-c2ccc(N3CCN(CC(=O)O)CC3)nc2)cc1)C1CCC(Nc2ncc3ccccc3n2)CC1. The van der Waals surface area contributed by atoms with Crippen molar-refractivity contribution in [3.63, 3.8) is 0 Å². The number of para-hydroxylation sites is 1. The third kappa shape index (κ3) is 6.75. The lowest BCUT2D eigenvalue weighted by molar-refractivity contribution is -0.138. The van der Waals surface area contributed by atoms with Crippen LogP contribution in [0.25, 0.3) is 22.0 Å². The number of carboxylic acid groups (broad SMARTS) is 1. The number of nitrogens with zero attached hydrogens (tertiary/aromatic N) is 6. The van der Waals surface area contributed by atoms with Gasteiger partial charge in [0.15, 0.2) is 0 Å². The molecular formula is C33H37N7O3. The Morgan fingerprint density at radius 3 is 2.28 bits per heavy atom. The van der Waals surface area contributed by atoms with Crippen molar-refractivity contribution in [2.45, 2.75) is 44.7 Å². The first-order chi connectivity index (χ1) is 20.9. The van der Waals surface area contributed by atoms with Gasteiger partial charge < -0.3 is 20.2 Å². The number of aromatic nitrogens is 3. The summed E-state index contributed by atoms with van der Waals surface area (Å²) in [6.07, 6.45) is 7.43. The van der Waals surface area contributed by atoms with Crippen LogP contribution < -0.4 is 15.1 Å². The lowest BCUT2D eigenvalue weighted by Crippen LogP contribution is -2.48. The maximum absolute atomic E-state index is 12.8. The summed E-state index contributed by atoms with van der Waals surface area (Å²) in [5, 5.41) is 13.5. The molecule has 2 fully saturated rings. The van der Waals surface area contributed by atoms with Gasteiger partial charge in [-0.1, -0.05) is 30.3 Å². The summed E-state index contributed by atoms with van der Waals surface area (Å²) < 4.78 is 0. The van der Waals surface area contributed by atoms with Gasteiger partial charge in [-0.15, -0.1) is 0 Å². The maximum atomic E-state index is 12.8. The summed E-state index contributed by atoms with van der Waals surface area (Å²) in [7, 11) is 0. The molecule has 3 heterocycles. The van der Waals surface area contributed by atoms with E-state index in [1.54, 1.807) is 6.92 Å². The Morgan fingerprint density at radius 1 is 0.884 bits per heavy atom. The number of benzene rings is 2. The van der Waals surface area contributed by atoms with E-state index >= 15 is 0 Å². The standard InChI is InChI=1S/C33H37N7O3/c1-23(41)40(29-13-9-27(10-14-29)36-33-35-21-26-4-2-3-5-30(26)37-33)28-11-6-24(7-12-28)25-8-15-31(34-20-25)39-18-16-38(17-19-39)22-32(42)43/h2-8,11-12,15,20-21,27,29H,9-10,13-14,16-19,22H2,1H3,(H,42,43)(H,35,36,37). The van der Waals surface area contributed by atoms with Crippen LogP contribution in [0.4, 0.5) is 17.5 Å². The van der Waals surface area contributed by atoms with Gasteiger partial charge >= 0.3 is 5.97 Å². The molecule has 1 amide bonds. The zero-order valence-corrected chi connectivity index (χ0v) is 24.4. The molecule has 1 aliphatic heterocycles. The number of aliphatic carboxylic acids is 1. The normalized spacial score (nSPS) is 19.2. The Kier molecular flexibility index (Phi) is 8.46. The van der Waals surface area contributed by atoms with Gasteiger partial charge in [-0.2, -0.15) is 0 Å². The van der Waals surface area contributed by atoms with E-state index < -0.39 is 5.97 Å². The van der Waals surface area contributed by atoms with Crippen LogP contribution in [0.3, 0.4) is 0 Å². The Balaban J connectivity index is 1.05. The molecule has 1 saturated carbocycles. The van der Waals surface area contributed by atoms with Crippen LogP contribution in [-0.2, 0) is 9.59 Å². The summed E-state index contributed by atoms with van der Waals surface area (Å²) >= 11 is 0. The Labute approximate surface area is 251 Å². The number of fused-ring (bicyclic) bond motifs is 1. The summed E-state index contributed by atoms with van der Waals surface area (Å²) in [6, 6.07) is 20.7. The van der Waals surface area contributed by atoms with Crippen molar-refractivity contribution in [2.75, 3.05) is 47.8 Å². The van der Waals surface area contributed by atoms with Crippen LogP contribution in [0, 0.1) is 0 Å². The van der Waals surface area contributed by atoms with Crippen LogP contribution in [0.5, 0.6) is 0 Å². The average molecular weight is 580 g/mol. The van der Waals surface area contributed by atoms with E-state index in [2.05, 4.69) is 43.4 Å². The zero-order valence-electron chi connectivity index (χ0n) is 24.4. The maximum Gasteiger partial charge on any atom is 0.317 e. The van der Waals surface area contributed by atoms with Gasteiger partial charge in [-0.25, -0.2) is 15.0 Å². The van der Waals surface area contributed by atoms with Crippen LogP contribution >= 0.6 is 0 Å². The molecule has 0 unspecified atom stereocenters. The predicted molar refractivity (Wildman–Crippen MR) is 168 cm³/mol. The molecule has 43 heavy (non-hydrogen) atoms. The van der Waals surface area contributed by atoms with Crippen LogP contribution in [0.15, 0.2) is 73.1 Å². The van der Waals surface area contributed by atoms with Crippen molar-refractivity contribution >= 4 is 40.2 Å². The highest BCUT2D eigenvalue weighted by Gasteiger charge is 2.29. The van der Waals surface area contributed by atoms with Crippen molar-refractivity contribution in [2.24, 2.45) is 0 Å². The molecule has 0 radical (unpaired) electrons. The van der Waals surface area contributed by atoms with Crippen LogP contribution in [0.1, 0.15) is 32.6 Å². The summed E-state index contributed by atoms with van der Waals surface area (Å²) in [5.41, 5.74) is 3.89. The van der Waals surface area contributed by atoms with E-state index in [0.29, 0.717) is 19.0 Å². The number of anilines is 3. The second-order valence-electron chi connectivity index (χ2n) is 11.4. The number of amides is 1. The Bertz CT molecular complexity index is 1560. The summed E-state index contributed by atoms with van der Waals surface area (Å²) in [4.78, 5) is 43.7. The predicted octanol–water partition coefficient (Wildman–Crippen LogP) is 4.67. The molecule has 2 aromatic heterocycles. The molecule has 4 aromatic rings. The minimum atomic E-state index is -0.790. The van der Waals surface area contributed by atoms with E-state index in [1.165, 1.54) is 0 Å². The molecule has 0 spiro atoms. The third-order valence-electron chi connectivity index (χ3n) is 8.51. The number of carbonyl (C=O) groups excluding carboxylic acids is 1. The number of hydrogen-bond acceptors (Lipinski definition) is 8. The molecule has 1 aliphatic carbocycles. The molecule has 6 rings (SSSR count). The molecule has 0 bridgehead atoms. The fourth-order valence-electron chi connectivity index (χ4n) is 6.24. The van der Waals surface area contributed by atoms with E-state index in [4.69, 9.17) is 5.11 Å². The van der Waals surface area contributed by atoms with Gasteiger partial charge in [-0.3, -0.25) is 14.5 Å². The van der Waals surface area contributed by atoms with Gasteiger partial charge in [0, 0.05) is 74.2 Å². The van der Waals surface area contributed by atoms with Crippen molar-refractivity contribution in [3.8, 4) is 11.1 Å². The second kappa shape index (κ2) is 12.7. The van der Waals surface area contributed by atoms with Crippen molar-refractivity contribution in [1.82, 2.24) is 19.9 Å².